The Morgan fingerprint density at radius 1 is 1.64 bits per heavy atom. The Balaban J connectivity index is 2.16. The Labute approximate surface area is 92.3 Å². The number of aldehydes is 1. The van der Waals surface area contributed by atoms with Crippen LogP contribution >= 0.6 is 23.1 Å². The summed E-state index contributed by atoms with van der Waals surface area (Å²) in [6.45, 7) is 3.34. The lowest BCUT2D eigenvalue weighted by atomic mass is 10.3. The summed E-state index contributed by atoms with van der Waals surface area (Å²) < 4.78 is 0. The molecule has 1 fully saturated rings. The van der Waals surface area contributed by atoms with E-state index in [-0.39, 0.29) is 0 Å². The molecule has 0 saturated carbocycles. The van der Waals surface area contributed by atoms with E-state index in [1.54, 1.807) is 0 Å². The van der Waals surface area contributed by atoms with E-state index in [0.29, 0.717) is 6.04 Å². The number of anilines is 1. The topological polar surface area (TPSA) is 20.3 Å². The lowest BCUT2D eigenvalue weighted by molar-refractivity contribution is 0.112. The minimum Gasteiger partial charge on any atom is -0.366 e. The molecule has 2 nitrogen and oxygen atoms in total. The fourth-order valence-electron chi connectivity index (χ4n) is 1.67. The van der Waals surface area contributed by atoms with E-state index in [1.807, 2.05) is 17.8 Å². The molecule has 1 saturated heterocycles. The number of nitrogens with zero attached hydrogens (tertiary/aromatic N) is 1. The molecule has 1 aromatic rings. The standard InChI is InChI=1S/C10H13NOS2/c1-8-6-13-3-2-11(8)9-4-10(5-12)14-7-9/h4-5,7-8H,2-3,6H2,1H3. The summed E-state index contributed by atoms with van der Waals surface area (Å²) in [6, 6.07) is 2.58. The van der Waals surface area contributed by atoms with Crippen LogP contribution in [-0.4, -0.2) is 30.4 Å². The summed E-state index contributed by atoms with van der Waals surface area (Å²) in [5.74, 6) is 2.38. The number of rotatable bonds is 2. The van der Waals surface area contributed by atoms with Crippen molar-refractivity contribution in [1.82, 2.24) is 0 Å². The molecule has 2 heterocycles. The van der Waals surface area contributed by atoms with Crippen LogP contribution in [0.5, 0.6) is 0 Å². The Hall–Kier alpha value is -0.480. The van der Waals surface area contributed by atoms with Gasteiger partial charge < -0.3 is 4.90 Å². The van der Waals surface area contributed by atoms with Crippen LogP contribution in [0, 0.1) is 0 Å². The molecule has 0 aromatic carbocycles. The van der Waals surface area contributed by atoms with Gasteiger partial charge in [-0.15, -0.1) is 11.3 Å². The highest BCUT2D eigenvalue weighted by Crippen LogP contribution is 2.27. The molecule has 0 aliphatic carbocycles. The zero-order chi connectivity index (χ0) is 9.97. The number of hydrogen-bond donors (Lipinski definition) is 0. The molecule has 0 bridgehead atoms. The Bertz CT molecular complexity index is 324. The molecular weight excluding hydrogens is 214 g/mol. The summed E-state index contributed by atoms with van der Waals surface area (Å²) in [5.41, 5.74) is 1.21. The van der Waals surface area contributed by atoms with Gasteiger partial charge in [-0.2, -0.15) is 11.8 Å². The van der Waals surface area contributed by atoms with Gasteiger partial charge in [0.2, 0.25) is 0 Å². The quantitative estimate of drug-likeness (QED) is 0.724. The van der Waals surface area contributed by atoms with E-state index in [0.717, 1.165) is 17.7 Å². The van der Waals surface area contributed by atoms with Crippen LogP contribution in [0.25, 0.3) is 0 Å². The molecule has 2 rings (SSSR count). The maximum atomic E-state index is 10.6. The van der Waals surface area contributed by atoms with E-state index < -0.39 is 0 Å². The van der Waals surface area contributed by atoms with Crippen molar-refractivity contribution in [3.05, 3.63) is 16.3 Å². The number of carbonyl (C=O) groups excluding carboxylic acids is 1. The highest BCUT2D eigenvalue weighted by atomic mass is 32.2. The van der Waals surface area contributed by atoms with Gasteiger partial charge in [-0.1, -0.05) is 0 Å². The molecular formula is C10H13NOS2. The third-order valence-corrected chi connectivity index (χ3v) is 4.46. The fraction of sp³-hybridized carbons (Fsp3) is 0.500. The molecule has 14 heavy (non-hydrogen) atoms. The first-order valence-electron chi connectivity index (χ1n) is 4.69. The third-order valence-electron chi connectivity index (χ3n) is 2.42. The van der Waals surface area contributed by atoms with Crippen LogP contribution in [0.1, 0.15) is 16.6 Å². The van der Waals surface area contributed by atoms with Gasteiger partial charge in [0.15, 0.2) is 6.29 Å². The predicted octanol–water partition coefficient (Wildman–Crippen LogP) is 2.50. The van der Waals surface area contributed by atoms with Crippen molar-refractivity contribution in [2.75, 3.05) is 23.0 Å². The van der Waals surface area contributed by atoms with E-state index >= 15 is 0 Å². The van der Waals surface area contributed by atoms with Gasteiger partial charge in [0, 0.05) is 35.2 Å². The van der Waals surface area contributed by atoms with Gasteiger partial charge in [0.25, 0.3) is 0 Å². The number of carbonyl (C=O) groups is 1. The van der Waals surface area contributed by atoms with Crippen LogP contribution in [0.2, 0.25) is 0 Å². The number of thioether (sulfide) groups is 1. The highest BCUT2D eigenvalue weighted by molar-refractivity contribution is 7.99. The monoisotopic (exact) mass is 227 g/mol. The maximum Gasteiger partial charge on any atom is 0.160 e. The molecule has 1 atom stereocenters. The maximum absolute atomic E-state index is 10.6. The molecule has 76 valence electrons. The number of hydrogen-bond acceptors (Lipinski definition) is 4. The van der Waals surface area contributed by atoms with Gasteiger partial charge >= 0.3 is 0 Å². The summed E-state index contributed by atoms with van der Waals surface area (Å²) in [6.07, 6.45) is 0.928. The molecule has 1 aromatic heterocycles. The van der Waals surface area contributed by atoms with Gasteiger partial charge in [0.1, 0.15) is 0 Å². The van der Waals surface area contributed by atoms with Crippen LogP contribution in [0.4, 0.5) is 5.69 Å². The minimum atomic E-state index is 0.586. The Kier molecular flexibility index (Phi) is 3.13. The summed E-state index contributed by atoms with van der Waals surface area (Å²) in [5, 5.41) is 2.08. The van der Waals surface area contributed by atoms with E-state index in [4.69, 9.17) is 0 Å². The normalized spacial score (nSPS) is 22.4. The first-order valence-corrected chi connectivity index (χ1v) is 6.73. The van der Waals surface area contributed by atoms with E-state index in [2.05, 4.69) is 17.2 Å². The van der Waals surface area contributed by atoms with Crippen LogP contribution in [0.3, 0.4) is 0 Å². The summed E-state index contributed by atoms with van der Waals surface area (Å²) in [4.78, 5) is 13.8. The van der Waals surface area contributed by atoms with Crippen molar-refractivity contribution in [1.29, 1.82) is 0 Å². The lowest BCUT2D eigenvalue weighted by Gasteiger charge is -2.34. The van der Waals surface area contributed by atoms with Crippen molar-refractivity contribution >= 4 is 35.1 Å². The Morgan fingerprint density at radius 2 is 2.50 bits per heavy atom. The average molecular weight is 227 g/mol. The molecule has 0 spiro atoms. The average Bonchev–Trinajstić information content (AvgIpc) is 2.67. The second-order valence-electron chi connectivity index (χ2n) is 3.44. The van der Waals surface area contributed by atoms with Crippen LogP contribution in [0.15, 0.2) is 11.4 Å². The van der Waals surface area contributed by atoms with Gasteiger partial charge in [-0.3, -0.25) is 4.79 Å². The second-order valence-corrected chi connectivity index (χ2v) is 5.54. The molecule has 4 heteroatoms. The molecule has 1 aliphatic heterocycles. The van der Waals surface area contributed by atoms with Crippen molar-refractivity contribution < 1.29 is 4.79 Å². The Morgan fingerprint density at radius 3 is 3.14 bits per heavy atom. The largest absolute Gasteiger partial charge is 0.366 e. The van der Waals surface area contributed by atoms with Crippen LogP contribution < -0.4 is 4.90 Å². The van der Waals surface area contributed by atoms with E-state index in [1.165, 1.54) is 28.5 Å². The van der Waals surface area contributed by atoms with Crippen molar-refractivity contribution in [3.8, 4) is 0 Å². The van der Waals surface area contributed by atoms with Crippen molar-refractivity contribution in [3.63, 3.8) is 0 Å². The van der Waals surface area contributed by atoms with Gasteiger partial charge in [-0.05, 0) is 13.0 Å². The molecule has 0 N–H and O–H groups in total. The van der Waals surface area contributed by atoms with Crippen LogP contribution in [-0.2, 0) is 0 Å². The molecule has 0 radical (unpaired) electrons. The van der Waals surface area contributed by atoms with Gasteiger partial charge in [-0.25, -0.2) is 0 Å². The highest BCUT2D eigenvalue weighted by Gasteiger charge is 2.19. The molecule has 1 unspecified atom stereocenters. The smallest absolute Gasteiger partial charge is 0.160 e. The first kappa shape index (κ1) is 10.1. The second kappa shape index (κ2) is 4.36. The summed E-state index contributed by atoms with van der Waals surface area (Å²) in [7, 11) is 0. The van der Waals surface area contributed by atoms with E-state index in [9.17, 15) is 4.79 Å². The zero-order valence-corrected chi connectivity index (χ0v) is 9.74. The molecule has 0 amide bonds. The predicted molar refractivity (Wildman–Crippen MR) is 63.8 cm³/mol. The number of thiophene rings is 1. The SMILES string of the molecule is CC1CSCCN1c1csc(C=O)c1. The zero-order valence-electron chi connectivity index (χ0n) is 8.10. The fourth-order valence-corrected chi connectivity index (χ4v) is 3.38. The third kappa shape index (κ3) is 1.96. The lowest BCUT2D eigenvalue weighted by Crippen LogP contribution is -2.40. The molecule has 1 aliphatic rings. The van der Waals surface area contributed by atoms with Crippen molar-refractivity contribution in [2.45, 2.75) is 13.0 Å². The first-order chi connectivity index (χ1) is 6.81. The van der Waals surface area contributed by atoms with Gasteiger partial charge in [0.05, 0.1) is 4.88 Å². The summed E-state index contributed by atoms with van der Waals surface area (Å²) >= 11 is 3.53. The van der Waals surface area contributed by atoms with Crippen molar-refractivity contribution in [2.24, 2.45) is 0 Å². The minimum absolute atomic E-state index is 0.586.